The summed E-state index contributed by atoms with van der Waals surface area (Å²) in [4.78, 5) is 14.2. The first-order valence-corrected chi connectivity index (χ1v) is 13.0. The van der Waals surface area contributed by atoms with Gasteiger partial charge in [-0.15, -0.1) is 0 Å². The fourth-order valence-electron chi connectivity index (χ4n) is 3.06. The van der Waals surface area contributed by atoms with Gasteiger partial charge in [0.1, 0.15) is 0 Å². The van der Waals surface area contributed by atoms with Gasteiger partial charge >= 0.3 is 0 Å². The third-order valence-electron chi connectivity index (χ3n) is 4.28. The van der Waals surface area contributed by atoms with Crippen molar-refractivity contribution < 1.29 is 25.9 Å². The quantitative estimate of drug-likeness (QED) is 0.243. The van der Waals surface area contributed by atoms with Gasteiger partial charge in [0, 0.05) is 25.2 Å². The van der Waals surface area contributed by atoms with Crippen molar-refractivity contribution in [2.24, 2.45) is 0 Å². The van der Waals surface area contributed by atoms with Crippen molar-refractivity contribution in [1.29, 1.82) is 0 Å². The lowest BCUT2D eigenvalue weighted by Crippen LogP contribution is -2.31. The predicted octanol–water partition coefficient (Wildman–Crippen LogP) is 1.82. The molecule has 0 bridgehead atoms. The number of hydrogen-bond acceptors (Lipinski definition) is 9. The first kappa shape index (κ1) is 26.3. The monoisotopic (exact) mass is 465 g/mol. The minimum Gasteiger partial charge on any atom is -0.368 e. The maximum Gasteiger partial charge on any atom is 0.271 e. The van der Waals surface area contributed by atoms with Crippen molar-refractivity contribution in [3.05, 3.63) is 27.8 Å². The van der Waals surface area contributed by atoms with Gasteiger partial charge in [-0.25, -0.2) is 8.42 Å². The smallest absolute Gasteiger partial charge is 0.271 e. The molecule has 10 nitrogen and oxygen atoms in total. The minimum absolute atomic E-state index is 0.110. The van der Waals surface area contributed by atoms with Crippen LogP contribution in [0.2, 0.25) is 0 Å². The van der Waals surface area contributed by atoms with E-state index in [0.29, 0.717) is 37.2 Å². The van der Waals surface area contributed by atoms with E-state index in [9.17, 15) is 26.9 Å². The molecule has 0 aliphatic carbocycles. The summed E-state index contributed by atoms with van der Waals surface area (Å²) >= 11 is 0. The average Bonchev–Trinajstić information content (AvgIpc) is 2.58. The average molecular weight is 466 g/mol. The van der Waals surface area contributed by atoms with Crippen LogP contribution in [0.1, 0.15) is 25.3 Å². The number of hydrogen-bond donors (Lipinski definition) is 0. The summed E-state index contributed by atoms with van der Waals surface area (Å²) in [6, 6.07) is 2.42. The van der Waals surface area contributed by atoms with Crippen molar-refractivity contribution in [2.45, 2.75) is 31.6 Å². The molecular weight excluding hydrogens is 434 g/mol. The maximum atomic E-state index is 13.1. The van der Waals surface area contributed by atoms with Crippen LogP contribution in [0, 0.1) is 17.0 Å². The Balaban J connectivity index is 3.43. The number of sulfone groups is 1. The van der Waals surface area contributed by atoms with E-state index in [1.165, 1.54) is 6.07 Å². The van der Waals surface area contributed by atoms with Gasteiger partial charge in [0.2, 0.25) is 0 Å². The second-order valence-corrected chi connectivity index (χ2v) is 11.1. The summed E-state index contributed by atoms with van der Waals surface area (Å²) < 4.78 is 53.6. The van der Waals surface area contributed by atoms with Crippen LogP contribution in [0.5, 0.6) is 0 Å². The molecule has 0 spiro atoms. The normalized spacial score (nSPS) is 12.3. The summed E-state index contributed by atoms with van der Waals surface area (Å²) in [6.07, 6.45) is 1.98. The van der Waals surface area contributed by atoms with Gasteiger partial charge in [-0.05, 0) is 46.0 Å². The highest BCUT2D eigenvalue weighted by molar-refractivity contribution is 7.91. The van der Waals surface area contributed by atoms with E-state index in [1.807, 2.05) is 25.9 Å². The Bertz CT molecular complexity index is 945. The highest BCUT2D eigenvalue weighted by Gasteiger charge is 2.27. The molecule has 0 saturated heterocycles. The highest BCUT2D eigenvalue weighted by Crippen LogP contribution is 2.34. The molecule has 1 aromatic rings. The molecule has 0 heterocycles. The van der Waals surface area contributed by atoms with E-state index in [0.717, 1.165) is 12.3 Å². The largest absolute Gasteiger partial charge is 0.368 e. The molecule has 1 aromatic carbocycles. The number of aryl methyl sites for hydroxylation is 1. The third-order valence-corrected chi connectivity index (χ3v) is 6.69. The Morgan fingerprint density at radius 3 is 2.23 bits per heavy atom. The molecule has 0 unspecified atom stereocenters. The second-order valence-electron chi connectivity index (χ2n) is 7.36. The van der Waals surface area contributed by atoms with Gasteiger partial charge in [-0.2, -0.15) is 8.42 Å². The second kappa shape index (κ2) is 11.0. The topological polar surface area (TPSA) is 127 Å². The lowest BCUT2D eigenvalue weighted by Gasteiger charge is -2.28. The minimum atomic E-state index is -3.81. The predicted molar refractivity (Wildman–Crippen MR) is 116 cm³/mol. The molecule has 0 fully saturated rings. The first-order valence-electron chi connectivity index (χ1n) is 9.54. The van der Waals surface area contributed by atoms with E-state index in [-0.39, 0.29) is 29.5 Å². The Kier molecular flexibility index (Phi) is 9.66. The van der Waals surface area contributed by atoms with E-state index < -0.39 is 24.9 Å². The molecule has 0 saturated carbocycles. The number of benzene rings is 1. The number of nitro benzene ring substituents is 1. The van der Waals surface area contributed by atoms with Crippen LogP contribution in [-0.2, 0) is 24.1 Å². The Labute approximate surface area is 179 Å². The van der Waals surface area contributed by atoms with E-state index in [1.54, 1.807) is 11.8 Å². The SMILES string of the molecule is CCCN(CCOS(C)(=O)=O)c1c(C)cc([N+](=O)[O-])cc1S(=O)(=O)CCCN(C)C. The number of non-ortho nitro benzene ring substituents is 1. The Morgan fingerprint density at radius 1 is 1.10 bits per heavy atom. The van der Waals surface area contributed by atoms with Gasteiger partial charge < -0.3 is 9.80 Å². The lowest BCUT2D eigenvalue weighted by molar-refractivity contribution is -0.385. The molecule has 0 atom stereocenters. The molecule has 172 valence electrons. The molecule has 30 heavy (non-hydrogen) atoms. The van der Waals surface area contributed by atoms with Crippen LogP contribution in [0.25, 0.3) is 0 Å². The first-order chi connectivity index (χ1) is 13.8. The van der Waals surface area contributed by atoms with E-state index in [4.69, 9.17) is 4.18 Å². The van der Waals surface area contributed by atoms with Crippen molar-refractivity contribution in [3.63, 3.8) is 0 Å². The fraction of sp³-hybridized carbons (Fsp3) is 0.667. The van der Waals surface area contributed by atoms with Crippen LogP contribution in [-0.4, -0.2) is 79.0 Å². The van der Waals surface area contributed by atoms with Gasteiger partial charge in [0.05, 0.1) is 34.1 Å². The molecule has 0 radical (unpaired) electrons. The molecular formula is C18H31N3O7S2. The summed E-state index contributed by atoms with van der Waals surface area (Å²) in [5, 5.41) is 11.3. The van der Waals surface area contributed by atoms with Crippen LogP contribution in [0.4, 0.5) is 11.4 Å². The zero-order valence-electron chi connectivity index (χ0n) is 18.1. The number of nitro groups is 1. The zero-order valence-corrected chi connectivity index (χ0v) is 19.8. The maximum absolute atomic E-state index is 13.1. The van der Waals surface area contributed by atoms with Gasteiger partial charge in [-0.1, -0.05) is 6.92 Å². The number of rotatable bonds is 13. The molecule has 0 aromatic heterocycles. The van der Waals surface area contributed by atoms with Gasteiger partial charge in [0.25, 0.3) is 15.8 Å². The molecule has 1 rings (SSSR count). The molecule has 12 heteroatoms. The van der Waals surface area contributed by atoms with Crippen LogP contribution in [0.15, 0.2) is 17.0 Å². The molecule has 0 aliphatic rings. The third kappa shape index (κ3) is 8.17. The Morgan fingerprint density at radius 2 is 1.73 bits per heavy atom. The molecule has 0 N–H and O–H groups in total. The van der Waals surface area contributed by atoms with Gasteiger partial charge in [0.15, 0.2) is 9.84 Å². The summed E-state index contributed by atoms with van der Waals surface area (Å²) in [6.45, 7) is 4.47. The Hall–Kier alpha value is -1.76. The lowest BCUT2D eigenvalue weighted by atomic mass is 10.1. The van der Waals surface area contributed by atoms with Crippen LogP contribution in [0.3, 0.4) is 0 Å². The van der Waals surface area contributed by atoms with Crippen LogP contribution >= 0.6 is 0 Å². The van der Waals surface area contributed by atoms with Crippen molar-refractivity contribution in [2.75, 3.05) is 57.2 Å². The van der Waals surface area contributed by atoms with Crippen LogP contribution < -0.4 is 4.90 Å². The molecule has 0 aliphatic heterocycles. The summed E-state index contributed by atoms with van der Waals surface area (Å²) in [5.41, 5.74) is 0.485. The number of anilines is 1. The van der Waals surface area contributed by atoms with Gasteiger partial charge in [-0.3, -0.25) is 14.3 Å². The fourth-order valence-corrected chi connectivity index (χ4v) is 5.05. The zero-order chi connectivity index (χ0) is 23.1. The summed E-state index contributed by atoms with van der Waals surface area (Å²) in [5.74, 6) is -0.154. The van der Waals surface area contributed by atoms with E-state index >= 15 is 0 Å². The van der Waals surface area contributed by atoms with Crippen molar-refractivity contribution in [3.8, 4) is 0 Å². The standard InChI is InChI=1S/C18H31N3O7S2/c1-6-8-20(10-11-28-29(5,24)25)18-15(2)13-16(21(22)23)14-17(18)30(26,27)12-7-9-19(3)4/h13-14H,6-12H2,1-5H3. The number of nitrogens with zero attached hydrogens (tertiary/aromatic N) is 3. The van der Waals surface area contributed by atoms with Crippen molar-refractivity contribution >= 4 is 31.3 Å². The molecule has 0 amide bonds. The highest BCUT2D eigenvalue weighted by atomic mass is 32.2. The van der Waals surface area contributed by atoms with Crippen molar-refractivity contribution in [1.82, 2.24) is 4.90 Å². The summed E-state index contributed by atoms with van der Waals surface area (Å²) in [7, 11) is -3.79. The van der Waals surface area contributed by atoms with E-state index in [2.05, 4.69) is 0 Å².